The second-order valence-electron chi connectivity index (χ2n) is 7.06. The summed E-state index contributed by atoms with van der Waals surface area (Å²) < 4.78 is 27.8. The molecule has 0 amide bonds. The van der Waals surface area contributed by atoms with E-state index < -0.39 is 16.0 Å². The van der Waals surface area contributed by atoms with Crippen molar-refractivity contribution in [3.05, 3.63) is 53.6 Å². The summed E-state index contributed by atoms with van der Waals surface area (Å²) in [6.07, 6.45) is 0.878. The zero-order valence-corrected chi connectivity index (χ0v) is 17.6. The highest BCUT2D eigenvalue weighted by atomic mass is 32.2. The number of hydrogen-bond donors (Lipinski definition) is 2. The number of sulfonamides is 1. The minimum Gasteiger partial charge on any atom is -0.478 e. The van der Waals surface area contributed by atoms with Crippen LogP contribution in [0.25, 0.3) is 0 Å². The van der Waals surface area contributed by atoms with Crippen LogP contribution in [0.1, 0.15) is 43.6 Å². The molecule has 0 spiro atoms. The summed E-state index contributed by atoms with van der Waals surface area (Å²) >= 11 is 0. The van der Waals surface area contributed by atoms with Crippen LogP contribution in [-0.2, 0) is 16.4 Å². The highest BCUT2D eigenvalue weighted by molar-refractivity contribution is 7.92. The van der Waals surface area contributed by atoms with Crippen molar-refractivity contribution < 1.29 is 18.3 Å². The third-order valence-corrected chi connectivity index (χ3v) is 5.86. The monoisotopic (exact) mass is 404 g/mol. The van der Waals surface area contributed by atoms with Crippen molar-refractivity contribution in [2.45, 2.75) is 39.0 Å². The van der Waals surface area contributed by atoms with Crippen LogP contribution in [0.15, 0.2) is 47.4 Å². The maximum atomic E-state index is 12.7. The van der Waals surface area contributed by atoms with Crippen LogP contribution in [0.2, 0.25) is 0 Å². The van der Waals surface area contributed by atoms with E-state index in [-0.39, 0.29) is 16.1 Å². The van der Waals surface area contributed by atoms with Gasteiger partial charge in [0.2, 0.25) is 0 Å². The Balaban J connectivity index is 2.30. The first-order valence-corrected chi connectivity index (χ1v) is 10.9. The Kier molecular flexibility index (Phi) is 7.07. The number of carboxylic acid groups (broad SMARTS) is 1. The van der Waals surface area contributed by atoms with E-state index in [4.69, 9.17) is 0 Å². The van der Waals surface area contributed by atoms with Crippen LogP contribution < -0.4 is 9.62 Å². The summed E-state index contributed by atoms with van der Waals surface area (Å²) in [6, 6.07) is 11.3. The molecule has 0 heterocycles. The molecule has 0 radical (unpaired) electrons. The van der Waals surface area contributed by atoms with Crippen LogP contribution in [0.4, 0.5) is 11.4 Å². The topological polar surface area (TPSA) is 86.7 Å². The lowest BCUT2D eigenvalue weighted by Crippen LogP contribution is -2.24. The molecule has 0 aliphatic rings. The molecule has 152 valence electrons. The predicted octanol–water partition coefficient (Wildman–Crippen LogP) is 4.23. The van der Waals surface area contributed by atoms with Gasteiger partial charge in [-0.2, -0.15) is 0 Å². The lowest BCUT2D eigenvalue weighted by Gasteiger charge is -2.23. The molecule has 6 nitrogen and oxygen atoms in total. The minimum absolute atomic E-state index is 0.0659. The fourth-order valence-corrected chi connectivity index (χ4v) is 4.15. The molecule has 7 heteroatoms. The van der Waals surface area contributed by atoms with E-state index >= 15 is 0 Å². The first-order chi connectivity index (χ1) is 13.2. The van der Waals surface area contributed by atoms with Gasteiger partial charge >= 0.3 is 5.97 Å². The van der Waals surface area contributed by atoms with Gasteiger partial charge in [0.1, 0.15) is 0 Å². The van der Waals surface area contributed by atoms with Gasteiger partial charge in [-0.25, -0.2) is 13.2 Å². The molecule has 2 aromatic carbocycles. The molecule has 0 saturated carbocycles. The highest BCUT2D eigenvalue weighted by Gasteiger charge is 2.19. The smallest absolute Gasteiger partial charge is 0.337 e. The lowest BCUT2D eigenvalue weighted by atomic mass is 10.0. The first kappa shape index (κ1) is 21.8. The van der Waals surface area contributed by atoms with E-state index in [2.05, 4.69) is 18.6 Å². The Hall–Kier alpha value is -2.54. The zero-order chi connectivity index (χ0) is 20.9. The van der Waals surface area contributed by atoms with Crippen LogP contribution in [0, 0.1) is 5.92 Å². The fraction of sp³-hybridized carbons (Fsp3) is 0.381. The van der Waals surface area contributed by atoms with Crippen molar-refractivity contribution in [3.8, 4) is 0 Å². The average molecular weight is 405 g/mol. The Labute approximate surface area is 167 Å². The van der Waals surface area contributed by atoms with Crippen LogP contribution in [-0.4, -0.2) is 32.6 Å². The van der Waals surface area contributed by atoms with Crippen LogP contribution in [0.3, 0.4) is 0 Å². The van der Waals surface area contributed by atoms with Crippen molar-refractivity contribution in [1.29, 1.82) is 0 Å². The molecule has 0 fully saturated rings. The van der Waals surface area contributed by atoms with E-state index in [0.29, 0.717) is 24.7 Å². The summed E-state index contributed by atoms with van der Waals surface area (Å²) in [5.41, 5.74) is 1.93. The molecular weight excluding hydrogens is 376 g/mol. The van der Waals surface area contributed by atoms with E-state index in [1.807, 2.05) is 18.7 Å². The van der Waals surface area contributed by atoms with Gasteiger partial charge in [-0.3, -0.25) is 4.72 Å². The van der Waals surface area contributed by atoms with Crippen LogP contribution in [0.5, 0.6) is 0 Å². The summed E-state index contributed by atoms with van der Waals surface area (Å²) in [7, 11) is -3.80. The number of rotatable bonds is 9. The maximum Gasteiger partial charge on any atom is 0.337 e. The Bertz CT molecular complexity index is 918. The number of carboxylic acids is 1. The summed E-state index contributed by atoms with van der Waals surface area (Å²) in [5, 5.41) is 9.54. The van der Waals surface area contributed by atoms with Crippen molar-refractivity contribution in [3.63, 3.8) is 0 Å². The number of nitrogens with one attached hydrogen (secondary N) is 1. The molecule has 0 aliphatic heterocycles. The average Bonchev–Trinajstić information content (AvgIpc) is 2.63. The van der Waals surface area contributed by atoms with Gasteiger partial charge in [0.25, 0.3) is 10.0 Å². The summed E-state index contributed by atoms with van der Waals surface area (Å²) in [6.45, 7) is 9.40. The summed E-state index contributed by atoms with van der Waals surface area (Å²) in [4.78, 5) is 13.7. The van der Waals surface area contributed by atoms with Gasteiger partial charge < -0.3 is 10.0 Å². The Morgan fingerprint density at radius 2 is 1.68 bits per heavy atom. The third kappa shape index (κ3) is 5.25. The minimum atomic E-state index is -3.80. The fourth-order valence-electron chi connectivity index (χ4n) is 3.10. The second kappa shape index (κ2) is 9.10. The maximum absolute atomic E-state index is 12.7. The van der Waals surface area contributed by atoms with Crippen molar-refractivity contribution in [1.82, 2.24) is 0 Å². The number of benzene rings is 2. The van der Waals surface area contributed by atoms with E-state index in [9.17, 15) is 18.3 Å². The van der Waals surface area contributed by atoms with Crippen molar-refractivity contribution >= 4 is 27.4 Å². The van der Waals surface area contributed by atoms with Gasteiger partial charge in [-0.1, -0.05) is 26.0 Å². The molecule has 28 heavy (non-hydrogen) atoms. The molecular formula is C21H28N2O4S. The van der Waals surface area contributed by atoms with Gasteiger partial charge in [-0.05, 0) is 62.1 Å². The molecule has 2 rings (SSSR count). The van der Waals surface area contributed by atoms with E-state index in [1.54, 1.807) is 36.4 Å². The van der Waals surface area contributed by atoms with Crippen LogP contribution >= 0.6 is 0 Å². The lowest BCUT2D eigenvalue weighted by molar-refractivity contribution is 0.0697. The standard InChI is InChI=1S/C21H28N2O4S/c1-5-23(6-2)20-12-9-17(14-19(20)21(24)25)22-28(26,27)18-10-7-16(8-11-18)13-15(3)4/h7-12,14-15,22H,5-6,13H2,1-4H3,(H,24,25). The summed E-state index contributed by atoms with van der Waals surface area (Å²) in [5.74, 6) is -0.611. The second-order valence-corrected chi connectivity index (χ2v) is 8.74. The van der Waals surface area contributed by atoms with Crippen molar-refractivity contribution in [2.75, 3.05) is 22.7 Å². The van der Waals surface area contributed by atoms with Gasteiger partial charge in [-0.15, -0.1) is 0 Å². The van der Waals surface area contributed by atoms with Gasteiger partial charge in [0.05, 0.1) is 16.1 Å². The highest BCUT2D eigenvalue weighted by Crippen LogP contribution is 2.26. The first-order valence-electron chi connectivity index (χ1n) is 9.42. The Morgan fingerprint density at radius 1 is 1.07 bits per heavy atom. The normalized spacial score (nSPS) is 11.5. The third-order valence-electron chi connectivity index (χ3n) is 4.46. The molecule has 0 atom stereocenters. The quantitative estimate of drug-likeness (QED) is 0.653. The molecule has 0 unspecified atom stereocenters. The molecule has 0 aromatic heterocycles. The number of hydrogen-bond acceptors (Lipinski definition) is 4. The predicted molar refractivity (Wildman–Crippen MR) is 113 cm³/mol. The SMILES string of the molecule is CCN(CC)c1ccc(NS(=O)(=O)c2ccc(CC(C)C)cc2)cc1C(=O)O. The molecule has 0 saturated heterocycles. The number of aromatic carboxylic acids is 1. The van der Waals surface area contributed by atoms with E-state index in [1.165, 1.54) is 6.07 Å². The number of anilines is 2. The largest absolute Gasteiger partial charge is 0.478 e. The zero-order valence-electron chi connectivity index (χ0n) is 16.8. The Morgan fingerprint density at radius 3 is 2.18 bits per heavy atom. The van der Waals surface area contributed by atoms with Gasteiger partial charge in [0, 0.05) is 18.8 Å². The van der Waals surface area contributed by atoms with Crippen molar-refractivity contribution in [2.24, 2.45) is 5.92 Å². The molecule has 2 N–H and O–H groups in total. The molecule has 0 aliphatic carbocycles. The number of carbonyl (C=O) groups is 1. The number of nitrogens with zero attached hydrogens (tertiary/aromatic N) is 1. The van der Waals surface area contributed by atoms with E-state index in [0.717, 1.165) is 12.0 Å². The van der Waals surface area contributed by atoms with Gasteiger partial charge in [0.15, 0.2) is 0 Å². The molecule has 0 bridgehead atoms. The molecule has 2 aromatic rings.